The number of fused-ring (bicyclic) bond motifs is 1. The first-order valence-corrected chi connectivity index (χ1v) is 14.9. The molecular formula is C32H42FN7O5. The summed E-state index contributed by atoms with van der Waals surface area (Å²) >= 11 is 0. The number of likely N-dealkylation sites (N-methyl/N-ethyl adjacent to an activating group) is 2. The van der Waals surface area contributed by atoms with Crippen molar-refractivity contribution in [3.8, 4) is 11.4 Å². The van der Waals surface area contributed by atoms with Crippen LogP contribution in [0.1, 0.15) is 50.3 Å². The Bertz CT molecular complexity index is 1510. The Morgan fingerprint density at radius 1 is 1.04 bits per heavy atom. The Morgan fingerprint density at radius 2 is 1.69 bits per heavy atom. The van der Waals surface area contributed by atoms with Gasteiger partial charge in [-0.3, -0.25) is 14.6 Å². The third kappa shape index (κ3) is 8.56. The van der Waals surface area contributed by atoms with Crippen LogP contribution in [0.3, 0.4) is 0 Å². The van der Waals surface area contributed by atoms with Gasteiger partial charge in [-0.15, -0.1) is 0 Å². The van der Waals surface area contributed by atoms with E-state index in [1.54, 1.807) is 46.7 Å². The number of nitrogens with one attached hydrogen (secondary N) is 1. The minimum atomic E-state index is -0.679. The fourth-order valence-corrected chi connectivity index (χ4v) is 4.91. The van der Waals surface area contributed by atoms with E-state index in [1.807, 2.05) is 36.2 Å². The van der Waals surface area contributed by atoms with Gasteiger partial charge in [0.1, 0.15) is 18.0 Å². The Balaban J connectivity index is 1.48. The molecule has 242 valence electrons. The van der Waals surface area contributed by atoms with E-state index in [2.05, 4.69) is 15.5 Å². The van der Waals surface area contributed by atoms with Crippen LogP contribution in [-0.4, -0.2) is 93.2 Å². The van der Waals surface area contributed by atoms with Gasteiger partial charge in [0.25, 0.3) is 5.91 Å². The maximum atomic E-state index is 14.8. The molecule has 1 aromatic heterocycles. The monoisotopic (exact) mass is 623 g/mol. The van der Waals surface area contributed by atoms with Crippen LogP contribution < -0.4 is 5.32 Å². The first-order valence-electron chi connectivity index (χ1n) is 14.9. The minimum Gasteiger partial charge on any atom is -0.444 e. The largest absolute Gasteiger partial charge is 0.444 e. The molecule has 13 heteroatoms. The number of hydrogen-bond donors (Lipinski definition) is 1. The van der Waals surface area contributed by atoms with Crippen molar-refractivity contribution in [2.75, 3.05) is 45.1 Å². The first kappa shape index (κ1) is 33.4. The van der Waals surface area contributed by atoms with Gasteiger partial charge in [0, 0.05) is 52.4 Å². The molecule has 0 aliphatic carbocycles. The third-order valence-electron chi connectivity index (χ3n) is 7.47. The average molecular weight is 624 g/mol. The number of amides is 3. The van der Waals surface area contributed by atoms with E-state index < -0.39 is 17.5 Å². The first-order chi connectivity index (χ1) is 21.3. The summed E-state index contributed by atoms with van der Waals surface area (Å²) in [5.41, 5.74) is 2.82. The van der Waals surface area contributed by atoms with Gasteiger partial charge in [-0.05, 0) is 63.4 Å². The summed E-state index contributed by atoms with van der Waals surface area (Å²) in [6.45, 7) is 11.9. The summed E-state index contributed by atoms with van der Waals surface area (Å²) < 4.78 is 25.3. The second-order valence-electron chi connectivity index (χ2n) is 12.0. The predicted molar refractivity (Wildman–Crippen MR) is 166 cm³/mol. The molecule has 1 aliphatic rings. The molecule has 45 heavy (non-hydrogen) atoms. The zero-order valence-electron chi connectivity index (χ0n) is 27.0. The second kappa shape index (κ2) is 14.1. The zero-order valence-corrected chi connectivity index (χ0v) is 27.0. The molecule has 0 saturated heterocycles. The second-order valence-corrected chi connectivity index (χ2v) is 12.0. The number of carbonyl (C=O) groups excluding carboxylic acids is 3. The number of hydrogen-bond acceptors (Lipinski definition) is 9. The molecule has 0 radical (unpaired) electrons. The number of anilines is 1. The van der Waals surface area contributed by atoms with Gasteiger partial charge in [0.2, 0.25) is 17.6 Å². The lowest BCUT2D eigenvalue weighted by Gasteiger charge is -2.32. The number of nitrogens with zero attached hydrogens (tertiary/aromatic N) is 6. The number of benzene rings is 2. The molecule has 3 amide bonds. The van der Waals surface area contributed by atoms with Crippen LogP contribution in [0.15, 0.2) is 40.9 Å². The van der Waals surface area contributed by atoms with Gasteiger partial charge in [-0.25, -0.2) is 14.2 Å². The molecule has 0 spiro atoms. The Hall–Kier alpha value is -4.52. The highest BCUT2D eigenvalue weighted by atomic mass is 19.1. The van der Waals surface area contributed by atoms with Crippen molar-refractivity contribution in [3.05, 3.63) is 64.8 Å². The minimum absolute atomic E-state index is 0.0977. The fourth-order valence-electron chi connectivity index (χ4n) is 4.91. The molecule has 1 aliphatic heterocycles. The van der Waals surface area contributed by atoms with Crippen molar-refractivity contribution < 1.29 is 28.0 Å². The molecule has 12 nitrogen and oxygen atoms in total. The Labute approximate surface area is 263 Å². The fraction of sp³-hybridized carbons (Fsp3) is 0.469. The highest BCUT2D eigenvalue weighted by Gasteiger charge is 2.28. The average Bonchev–Trinajstić information content (AvgIpc) is 3.61. The van der Waals surface area contributed by atoms with Gasteiger partial charge < -0.3 is 24.4 Å². The molecular weight excluding hydrogens is 581 g/mol. The van der Waals surface area contributed by atoms with Crippen molar-refractivity contribution in [3.63, 3.8) is 0 Å². The van der Waals surface area contributed by atoms with Crippen LogP contribution in [0.4, 0.5) is 14.9 Å². The molecule has 4 rings (SSSR count). The van der Waals surface area contributed by atoms with E-state index in [4.69, 9.17) is 9.26 Å². The smallest absolute Gasteiger partial charge is 0.410 e. The number of aromatic nitrogens is 2. The van der Waals surface area contributed by atoms with Crippen molar-refractivity contribution in [2.24, 2.45) is 0 Å². The van der Waals surface area contributed by atoms with E-state index in [0.29, 0.717) is 36.8 Å². The van der Waals surface area contributed by atoms with E-state index in [1.165, 1.54) is 21.9 Å². The van der Waals surface area contributed by atoms with Crippen LogP contribution in [0, 0.1) is 19.7 Å². The molecule has 0 fully saturated rings. The van der Waals surface area contributed by atoms with Crippen molar-refractivity contribution >= 4 is 23.6 Å². The number of ether oxygens (including phenoxy) is 1. The Morgan fingerprint density at radius 3 is 2.27 bits per heavy atom. The number of carbonyl (C=O) groups is 3. The summed E-state index contributed by atoms with van der Waals surface area (Å²) in [6, 6.07) is 10.9. The van der Waals surface area contributed by atoms with E-state index in [9.17, 15) is 18.8 Å². The predicted octanol–water partition coefficient (Wildman–Crippen LogP) is 4.38. The molecule has 0 unspecified atom stereocenters. The van der Waals surface area contributed by atoms with Gasteiger partial charge in [-0.2, -0.15) is 4.98 Å². The lowest BCUT2D eigenvalue weighted by molar-refractivity contribution is -0.151. The number of hydrazine groups is 1. The van der Waals surface area contributed by atoms with Crippen LogP contribution in [0.5, 0.6) is 0 Å². The standard InChI is InChI=1S/C32H42FN7O5/c1-8-38(31(43)44-32(4,5)6)13-14-39(20-29(42)37(7)40-18-23-11-9-10-12-24(23)19-40)28(41)17-34-27-16-25(26(33)15-21(27)2)30-35-22(3)45-36-30/h9-12,15-16,34H,8,13-14,17-20H2,1-7H3. The molecule has 2 heterocycles. The summed E-state index contributed by atoms with van der Waals surface area (Å²) in [5, 5.41) is 10.4. The van der Waals surface area contributed by atoms with E-state index in [-0.39, 0.29) is 49.4 Å². The molecule has 1 N–H and O–H groups in total. The van der Waals surface area contributed by atoms with Crippen molar-refractivity contribution in [2.45, 2.75) is 60.2 Å². The van der Waals surface area contributed by atoms with E-state index in [0.717, 1.165) is 11.1 Å². The molecule has 2 aromatic carbocycles. The number of rotatable bonds is 11. The number of aryl methyl sites for hydroxylation is 2. The highest BCUT2D eigenvalue weighted by Crippen LogP contribution is 2.27. The molecule has 0 bridgehead atoms. The van der Waals surface area contributed by atoms with Crippen molar-refractivity contribution in [1.82, 2.24) is 30.0 Å². The van der Waals surface area contributed by atoms with Gasteiger partial charge >= 0.3 is 6.09 Å². The quantitative estimate of drug-likeness (QED) is 0.331. The van der Waals surface area contributed by atoms with Gasteiger partial charge in [0.05, 0.1) is 12.1 Å². The van der Waals surface area contributed by atoms with Crippen LogP contribution in [0.25, 0.3) is 11.4 Å². The Kier molecular flexibility index (Phi) is 10.4. The van der Waals surface area contributed by atoms with Crippen LogP contribution in [0.2, 0.25) is 0 Å². The zero-order chi connectivity index (χ0) is 32.9. The topological polar surface area (TPSA) is 124 Å². The van der Waals surface area contributed by atoms with Crippen molar-refractivity contribution in [1.29, 1.82) is 0 Å². The van der Waals surface area contributed by atoms with Gasteiger partial charge in [-0.1, -0.05) is 29.4 Å². The molecule has 0 saturated carbocycles. The summed E-state index contributed by atoms with van der Waals surface area (Å²) in [4.78, 5) is 46.9. The highest BCUT2D eigenvalue weighted by molar-refractivity contribution is 5.87. The maximum Gasteiger partial charge on any atom is 0.410 e. The lowest BCUT2D eigenvalue weighted by atomic mass is 10.1. The maximum absolute atomic E-state index is 14.8. The molecule has 3 aromatic rings. The lowest BCUT2D eigenvalue weighted by Crippen LogP contribution is -2.50. The van der Waals surface area contributed by atoms with E-state index >= 15 is 0 Å². The SMILES string of the molecule is CCN(CCN(CC(=O)N(C)N1Cc2ccccc2C1)C(=O)CNc1cc(-c2noc(C)n2)c(F)cc1C)C(=O)OC(C)(C)C. The summed E-state index contributed by atoms with van der Waals surface area (Å²) in [7, 11) is 1.69. The summed E-state index contributed by atoms with van der Waals surface area (Å²) in [5.74, 6) is -0.774. The third-order valence-corrected chi connectivity index (χ3v) is 7.47. The normalized spacial score (nSPS) is 12.9. The number of halogens is 1. The summed E-state index contributed by atoms with van der Waals surface area (Å²) in [6.07, 6.45) is -0.500. The molecule has 0 atom stereocenters. The van der Waals surface area contributed by atoms with Crippen LogP contribution >= 0.6 is 0 Å². The van der Waals surface area contributed by atoms with Gasteiger partial charge in [0.15, 0.2) is 0 Å². The van der Waals surface area contributed by atoms with Crippen LogP contribution in [-0.2, 0) is 27.4 Å².